The van der Waals surface area contributed by atoms with Crippen molar-refractivity contribution in [3.8, 4) is 22.8 Å². The molecule has 0 aliphatic carbocycles. The van der Waals surface area contributed by atoms with Crippen molar-refractivity contribution in [2.24, 2.45) is 0 Å². The highest BCUT2D eigenvalue weighted by atomic mass is 16.5. The van der Waals surface area contributed by atoms with Gasteiger partial charge in [0.1, 0.15) is 12.1 Å². The number of benzene rings is 2. The van der Waals surface area contributed by atoms with Crippen LogP contribution in [0.4, 0.5) is 5.82 Å². The van der Waals surface area contributed by atoms with Gasteiger partial charge in [0, 0.05) is 37.8 Å². The van der Waals surface area contributed by atoms with Crippen molar-refractivity contribution in [3.05, 3.63) is 66.5 Å². The zero-order valence-electron chi connectivity index (χ0n) is 18.7. The van der Waals surface area contributed by atoms with Crippen LogP contribution in [-0.4, -0.2) is 60.2 Å². The number of carbonyl (C=O) groups is 1. The maximum absolute atomic E-state index is 13.0. The number of aryl methyl sites for hydroxylation is 1. The second-order valence-corrected chi connectivity index (χ2v) is 7.85. The molecular weight excluding hydrogens is 404 g/mol. The topological polar surface area (TPSA) is 67.8 Å². The van der Waals surface area contributed by atoms with Gasteiger partial charge in [-0.2, -0.15) is 0 Å². The lowest BCUT2D eigenvalue weighted by molar-refractivity contribution is -0.138. The van der Waals surface area contributed by atoms with Crippen LogP contribution in [0.25, 0.3) is 11.3 Å². The molecule has 1 aliphatic rings. The van der Waals surface area contributed by atoms with E-state index in [1.807, 2.05) is 66.4 Å². The molecule has 166 valence electrons. The Morgan fingerprint density at radius 1 is 0.969 bits per heavy atom. The van der Waals surface area contributed by atoms with Crippen molar-refractivity contribution in [2.75, 3.05) is 38.2 Å². The summed E-state index contributed by atoms with van der Waals surface area (Å²) in [5.74, 6) is 2.05. The molecule has 1 aromatic heterocycles. The van der Waals surface area contributed by atoms with Crippen molar-refractivity contribution >= 4 is 11.7 Å². The van der Waals surface area contributed by atoms with E-state index in [0.717, 1.165) is 22.6 Å². The van der Waals surface area contributed by atoms with Gasteiger partial charge in [-0.1, -0.05) is 36.4 Å². The van der Waals surface area contributed by atoms with E-state index in [2.05, 4.69) is 14.9 Å². The third-order valence-corrected chi connectivity index (χ3v) is 5.61. The monoisotopic (exact) mass is 432 g/mol. The fourth-order valence-electron chi connectivity index (χ4n) is 3.81. The molecule has 0 saturated carbocycles. The first kappa shape index (κ1) is 21.6. The predicted molar refractivity (Wildman–Crippen MR) is 124 cm³/mol. The van der Waals surface area contributed by atoms with Gasteiger partial charge in [-0.05, 0) is 31.5 Å². The van der Waals surface area contributed by atoms with Crippen LogP contribution in [-0.2, 0) is 4.79 Å². The van der Waals surface area contributed by atoms with Gasteiger partial charge in [-0.3, -0.25) is 4.79 Å². The summed E-state index contributed by atoms with van der Waals surface area (Å²) in [7, 11) is 1.60. The number of anilines is 1. The van der Waals surface area contributed by atoms with Gasteiger partial charge < -0.3 is 19.3 Å². The third kappa shape index (κ3) is 4.82. The maximum Gasteiger partial charge on any atom is 0.263 e. The molecule has 2 aromatic carbocycles. The normalized spacial score (nSPS) is 14.7. The molecule has 1 atom stereocenters. The average molecular weight is 433 g/mol. The van der Waals surface area contributed by atoms with E-state index in [1.165, 1.54) is 0 Å². The smallest absolute Gasteiger partial charge is 0.263 e. The summed E-state index contributed by atoms with van der Waals surface area (Å²) in [6.07, 6.45) is 1.00. The molecule has 0 spiro atoms. The molecule has 0 radical (unpaired) electrons. The minimum absolute atomic E-state index is 0.0278. The standard InChI is InChI=1S/C25H28N4O3/c1-18-9-10-22(23(15-18)31-3)32-19(2)25(30)29-13-11-28(12-14-29)24-16-21(26-17-27-24)20-7-5-4-6-8-20/h4-10,15-17,19H,11-14H2,1-3H3. The van der Waals surface area contributed by atoms with E-state index in [1.54, 1.807) is 20.4 Å². The third-order valence-electron chi connectivity index (χ3n) is 5.61. The fraction of sp³-hybridized carbons (Fsp3) is 0.320. The summed E-state index contributed by atoms with van der Waals surface area (Å²) < 4.78 is 11.3. The molecule has 7 heteroatoms. The number of hydrogen-bond donors (Lipinski definition) is 0. The molecule has 1 fully saturated rings. The highest BCUT2D eigenvalue weighted by molar-refractivity contribution is 5.81. The number of nitrogens with zero attached hydrogens (tertiary/aromatic N) is 4. The van der Waals surface area contributed by atoms with Gasteiger partial charge in [-0.15, -0.1) is 0 Å². The molecule has 1 saturated heterocycles. The number of rotatable bonds is 6. The van der Waals surface area contributed by atoms with Gasteiger partial charge >= 0.3 is 0 Å². The van der Waals surface area contributed by atoms with Crippen molar-refractivity contribution in [2.45, 2.75) is 20.0 Å². The highest BCUT2D eigenvalue weighted by Crippen LogP contribution is 2.29. The number of hydrogen-bond acceptors (Lipinski definition) is 6. The Bertz CT molecular complexity index is 1070. The largest absolute Gasteiger partial charge is 0.493 e. The number of ether oxygens (including phenoxy) is 2. The van der Waals surface area contributed by atoms with E-state index in [4.69, 9.17) is 9.47 Å². The second-order valence-electron chi connectivity index (χ2n) is 7.85. The van der Waals surface area contributed by atoms with Crippen LogP contribution >= 0.6 is 0 Å². The lowest BCUT2D eigenvalue weighted by Gasteiger charge is -2.36. The van der Waals surface area contributed by atoms with Crippen molar-refractivity contribution < 1.29 is 14.3 Å². The predicted octanol–water partition coefficient (Wildman–Crippen LogP) is 3.58. The van der Waals surface area contributed by atoms with Crippen LogP contribution in [0.5, 0.6) is 11.5 Å². The molecular formula is C25H28N4O3. The quantitative estimate of drug-likeness (QED) is 0.593. The summed E-state index contributed by atoms with van der Waals surface area (Å²) in [6, 6.07) is 17.7. The number of piperazine rings is 1. The molecule has 0 N–H and O–H groups in total. The molecule has 1 aliphatic heterocycles. The first-order valence-corrected chi connectivity index (χ1v) is 10.8. The summed E-state index contributed by atoms with van der Waals surface area (Å²) in [6.45, 7) is 6.41. The fourth-order valence-corrected chi connectivity index (χ4v) is 3.81. The van der Waals surface area contributed by atoms with Gasteiger partial charge in [0.2, 0.25) is 0 Å². The summed E-state index contributed by atoms with van der Waals surface area (Å²) in [4.78, 5) is 25.9. The highest BCUT2D eigenvalue weighted by Gasteiger charge is 2.27. The van der Waals surface area contributed by atoms with E-state index < -0.39 is 6.10 Å². The minimum atomic E-state index is -0.595. The second kappa shape index (κ2) is 9.68. The van der Waals surface area contributed by atoms with E-state index in [0.29, 0.717) is 37.7 Å². The van der Waals surface area contributed by atoms with Crippen LogP contribution in [0.1, 0.15) is 12.5 Å². The van der Waals surface area contributed by atoms with Crippen LogP contribution in [0.3, 0.4) is 0 Å². The molecule has 1 amide bonds. The summed E-state index contributed by atoms with van der Waals surface area (Å²) >= 11 is 0. The number of aromatic nitrogens is 2. The summed E-state index contributed by atoms with van der Waals surface area (Å²) in [5.41, 5.74) is 3.02. The van der Waals surface area contributed by atoms with Crippen molar-refractivity contribution in [3.63, 3.8) is 0 Å². The van der Waals surface area contributed by atoms with Gasteiger partial charge in [-0.25, -0.2) is 9.97 Å². The summed E-state index contributed by atoms with van der Waals surface area (Å²) in [5, 5.41) is 0. The molecule has 7 nitrogen and oxygen atoms in total. The lowest BCUT2D eigenvalue weighted by Crippen LogP contribution is -2.52. The zero-order valence-corrected chi connectivity index (χ0v) is 18.7. The first-order valence-electron chi connectivity index (χ1n) is 10.8. The first-order chi connectivity index (χ1) is 15.5. The SMILES string of the molecule is COc1cc(C)ccc1OC(C)C(=O)N1CCN(c2cc(-c3ccccc3)ncn2)CC1. The zero-order chi connectivity index (χ0) is 22.5. The Labute approximate surface area is 188 Å². The molecule has 4 rings (SSSR count). The van der Waals surface area contributed by atoms with Crippen molar-refractivity contribution in [1.29, 1.82) is 0 Å². The van der Waals surface area contributed by atoms with Crippen molar-refractivity contribution in [1.82, 2.24) is 14.9 Å². The van der Waals surface area contributed by atoms with Crippen LogP contribution < -0.4 is 14.4 Å². The minimum Gasteiger partial charge on any atom is -0.493 e. The Hall–Kier alpha value is -3.61. The maximum atomic E-state index is 13.0. The number of amides is 1. The number of methoxy groups -OCH3 is 1. The Morgan fingerprint density at radius 2 is 1.72 bits per heavy atom. The Morgan fingerprint density at radius 3 is 2.44 bits per heavy atom. The lowest BCUT2D eigenvalue weighted by atomic mass is 10.1. The Kier molecular flexibility index (Phi) is 6.54. The Balaban J connectivity index is 1.37. The molecule has 32 heavy (non-hydrogen) atoms. The average Bonchev–Trinajstić information content (AvgIpc) is 2.85. The molecule has 1 unspecified atom stereocenters. The van der Waals surface area contributed by atoms with E-state index in [9.17, 15) is 4.79 Å². The van der Waals surface area contributed by atoms with Crippen LogP contribution in [0.15, 0.2) is 60.9 Å². The number of carbonyl (C=O) groups excluding carboxylic acids is 1. The van der Waals surface area contributed by atoms with Crippen LogP contribution in [0, 0.1) is 6.92 Å². The van der Waals surface area contributed by atoms with E-state index >= 15 is 0 Å². The van der Waals surface area contributed by atoms with E-state index in [-0.39, 0.29) is 5.91 Å². The van der Waals surface area contributed by atoms with Gasteiger partial charge in [0.15, 0.2) is 17.6 Å². The van der Waals surface area contributed by atoms with Gasteiger partial charge in [0.05, 0.1) is 12.8 Å². The molecule has 3 aromatic rings. The van der Waals surface area contributed by atoms with Gasteiger partial charge in [0.25, 0.3) is 5.91 Å². The molecule has 0 bridgehead atoms. The van der Waals surface area contributed by atoms with Crippen LogP contribution in [0.2, 0.25) is 0 Å². The molecule has 2 heterocycles.